The summed E-state index contributed by atoms with van der Waals surface area (Å²) in [6, 6.07) is 15.5. The molecule has 0 spiro atoms. The lowest BCUT2D eigenvalue weighted by molar-refractivity contribution is 0.105. The number of likely N-dealkylation sites (tertiary alicyclic amines) is 1. The Balaban J connectivity index is 1.36. The van der Waals surface area contributed by atoms with Crippen molar-refractivity contribution in [1.82, 2.24) is 15.5 Å². The predicted molar refractivity (Wildman–Crippen MR) is 124 cm³/mol. The summed E-state index contributed by atoms with van der Waals surface area (Å²) in [5, 5.41) is 27.9. The van der Waals surface area contributed by atoms with Crippen molar-refractivity contribution in [1.29, 1.82) is 0 Å². The number of aliphatic hydroxyl groups is 2. The molecule has 4 rings (SSSR count). The van der Waals surface area contributed by atoms with Crippen LogP contribution in [0.3, 0.4) is 0 Å². The van der Waals surface area contributed by atoms with Gasteiger partial charge in [0.25, 0.3) is 0 Å². The average molecular weight is 442 g/mol. The molecule has 4 N–H and O–H groups in total. The number of rotatable bonds is 11. The van der Waals surface area contributed by atoms with Gasteiger partial charge in [-0.1, -0.05) is 36.4 Å². The molecule has 0 aromatic heterocycles. The van der Waals surface area contributed by atoms with E-state index in [1.165, 1.54) is 12.8 Å². The minimum atomic E-state index is -0.658. The molecule has 2 heterocycles. The van der Waals surface area contributed by atoms with Gasteiger partial charge in [-0.25, -0.2) is 0 Å². The zero-order valence-corrected chi connectivity index (χ0v) is 18.6. The smallest absolute Gasteiger partial charge is 0.161 e. The van der Waals surface area contributed by atoms with E-state index in [4.69, 9.17) is 9.47 Å². The number of aliphatic hydroxyl groups excluding tert-OH is 2. The highest BCUT2D eigenvalue weighted by molar-refractivity contribution is 5.44. The first-order chi connectivity index (χ1) is 15.7. The Morgan fingerprint density at radius 1 is 0.875 bits per heavy atom. The van der Waals surface area contributed by atoms with Crippen LogP contribution in [0, 0.1) is 0 Å². The van der Waals surface area contributed by atoms with Crippen LogP contribution in [0.5, 0.6) is 11.5 Å². The van der Waals surface area contributed by atoms with Crippen molar-refractivity contribution in [2.45, 2.75) is 31.0 Å². The molecule has 32 heavy (non-hydrogen) atoms. The van der Waals surface area contributed by atoms with E-state index >= 15 is 0 Å². The van der Waals surface area contributed by atoms with Crippen molar-refractivity contribution in [3.63, 3.8) is 0 Å². The van der Waals surface area contributed by atoms with E-state index in [1.807, 2.05) is 48.5 Å². The van der Waals surface area contributed by atoms with Gasteiger partial charge in [0.15, 0.2) is 11.5 Å². The number of benzene rings is 2. The van der Waals surface area contributed by atoms with Gasteiger partial charge in [0.2, 0.25) is 0 Å². The maximum atomic E-state index is 11.2. The highest BCUT2D eigenvalue weighted by atomic mass is 16.6. The van der Waals surface area contributed by atoms with Crippen LogP contribution in [-0.2, 0) is 0 Å². The first-order valence-electron chi connectivity index (χ1n) is 11.7. The van der Waals surface area contributed by atoms with Crippen molar-refractivity contribution in [3.8, 4) is 11.5 Å². The molecule has 2 aromatic carbocycles. The van der Waals surface area contributed by atoms with Gasteiger partial charge in [0.1, 0.15) is 13.2 Å². The summed E-state index contributed by atoms with van der Waals surface area (Å²) in [6.45, 7) is 5.43. The van der Waals surface area contributed by atoms with Crippen LogP contribution in [0.15, 0.2) is 48.5 Å². The fourth-order valence-corrected chi connectivity index (χ4v) is 4.47. The fraction of sp³-hybridized carbons (Fsp3) is 0.520. The minimum absolute atomic E-state index is 0.0427. The van der Waals surface area contributed by atoms with Gasteiger partial charge in [-0.15, -0.1) is 0 Å². The third-order valence-electron chi connectivity index (χ3n) is 6.25. The highest BCUT2D eigenvalue weighted by Crippen LogP contribution is 2.33. The molecule has 0 saturated carbocycles. The van der Waals surface area contributed by atoms with E-state index in [0.717, 1.165) is 36.5 Å². The molecule has 174 valence electrons. The lowest BCUT2D eigenvalue weighted by Crippen LogP contribution is -2.46. The van der Waals surface area contributed by atoms with Gasteiger partial charge >= 0.3 is 0 Å². The van der Waals surface area contributed by atoms with Gasteiger partial charge in [-0.3, -0.25) is 0 Å². The van der Waals surface area contributed by atoms with E-state index in [9.17, 15) is 10.2 Å². The van der Waals surface area contributed by atoms with Crippen molar-refractivity contribution in [2.75, 3.05) is 52.5 Å². The summed E-state index contributed by atoms with van der Waals surface area (Å²) in [6.07, 6.45) is 1.77. The molecule has 7 heteroatoms. The van der Waals surface area contributed by atoms with E-state index in [2.05, 4.69) is 15.5 Å². The molecule has 1 saturated heterocycles. The standard InChI is InChI=1S/C25H35N3O4/c29-18-22(19-6-2-1-3-7-19)27-11-10-26-21(17-28-12-4-5-13-28)25(30)20-8-9-23-24(16-20)32-15-14-31-23/h1-3,6-9,16,21-22,25-27,29-30H,4-5,10-15,17-18H2/t21-,22?,25+/m0/s1. The molecule has 2 aliphatic heterocycles. The summed E-state index contributed by atoms with van der Waals surface area (Å²) in [5.41, 5.74) is 1.90. The average Bonchev–Trinajstić information content (AvgIpc) is 3.36. The third kappa shape index (κ3) is 5.99. The summed E-state index contributed by atoms with van der Waals surface area (Å²) in [5.74, 6) is 1.43. The molecule has 0 radical (unpaired) electrons. The molecular weight excluding hydrogens is 406 g/mol. The van der Waals surface area contributed by atoms with Crippen molar-refractivity contribution in [2.24, 2.45) is 0 Å². The van der Waals surface area contributed by atoms with Gasteiger partial charge in [-0.05, 0) is 49.2 Å². The summed E-state index contributed by atoms with van der Waals surface area (Å²) < 4.78 is 11.3. The molecule has 1 unspecified atom stereocenters. The molecule has 0 bridgehead atoms. The van der Waals surface area contributed by atoms with E-state index in [1.54, 1.807) is 0 Å². The van der Waals surface area contributed by atoms with E-state index in [-0.39, 0.29) is 18.7 Å². The third-order valence-corrected chi connectivity index (χ3v) is 6.25. The Morgan fingerprint density at radius 3 is 2.34 bits per heavy atom. The summed E-state index contributed by atoms with van der Waals surface area (Å²) in [7, 11) is 0. The molecule has 0 amide bonds. The Labute approximate surface area is 190 Å². The quantitative estimate of drug-likeness (QED) is 0.396. The summed E-state index contributed by atoms with van der Waals surface area (Å²) in [4.78, 5) is 2.41. The number of nitrogens with one attached hydrogen (secondary N) is 2. The molecule has 7 nitrogen and oxygen atoms in total. The minimum Gasteiger partial charge on any atom is -0.486 e. The van der Waals surface area contributed by atoms with Crippen molar-refractivity contribution >= 4 is 0 Å². The Hall–Kier alpha value is -2.16. The fourth-order valence-electron chi connectivity index (χ4n) is 4.47. The Kier molecular flexibility index (Phi) is 8.36. The largest absolute Gasteiger partial charge is 0.486 e. The van der Waals surface area contributed by atoms with Crippen molar-refractivity contribution in [3.05, 3.63) is 59.7 Å². The summed E-state index contributed by atoms with van der Waals surface area (Å²) >= 11 is 0. The van der Waals surface area contributed by atoms with Crippen LogP contribution in [0.1, 0.15) is 36.1 Å². The van der Waals surface area contributed by atoms with Crippen LogP contribution in [0.2, 0.25) is 0 Å². The zero-order valence-electron chi connectivity index (χ0n) is 18.6. The number of hydrogen-bond donors (Lipinski definition) is 4. The van der Waals surface area contributed by atoms with E-state index in [0.29, 0.717) is 32.1 Å². The first kappa shape index (κ1) is 23.0. The Morgan fingerprint density at radius 2 is 1.59 bits per heavy atom. The first-order valence-corrected chi connectivity index (χ1v) is 11.7. The normalized spacial score (nSPS) is 18.9. The van der Waals surface area contributed by atoms with Crippen LogP contribution < -0.4 is 20.1 Å². The highest BCUT2D eigenvalue weighted by Gasteiger charge is 2.26. The topological polar surface area (TPSA) is 86.2 Å². The second-order valence-corrected chi connectivity index (χ2v) is 8.52. The zero-order chi connectivity index (χ0) is 22.2. The van der Waals surface area contributed by atoms with Crippen LogP contribution in [-0.4, -0.2) is 73.7 Å². The maximum Gasteiger partial charge on any atom is 0.161 e. The second-order valence-electron chi connectivity index (χ2n) is 8.52. The lowest BCUT2D eigenvalue weighted by atomic mass is 10.0. The lowest BCUT2D eigenvalue weighted by Gasteiger charge is -2.30. The molecule has 2 aromatic rings. The van der Waals surface area contributed by atoms with Crippen LogP contribution >= 0.6 is 0 Å². The van der Waals surface area contributed by atoms with Gasteiger partial charge in [-0.2, -0.15) is 0 Å². The van der Waals surface area contributed by atoms with Gasteiger partial charge in [0, 0.05) is 25.7 Å². The molecule has 3 atom stereocenters. The number of ether oxygens (including phenoxy) is 2. The second kappa shape index (κ2) is 11.6. The maximum absolute atomic E-state index is 11.2. The number of hydrogen-bond acceptors (Lipinski definition) is 7. The van der Waals surface area contributed by atoms with E-state index < -0.39 is 6.10 Å². The van der Waals surface area contributed by atoms with Crippen LogP contribution in [0.25, 0.3) is 0 Å². The number of fused-ring (bicyclic) bond motifs is 1. The Bertz CT molecular complexity index is 829. The van der Waals surface area contributed by atoms with Gasteiger partial charge in [0.05, 0.1) is 18.8 Å². The molecule has 1 fully saturated rings. The molecular formula is C25H35N3O4. The van der Waals surface area contributed by atoms with Crippen molar-refractivity contribution < 1.29 is 19.7 Å². The van der Waals surface area contributed by atoms with Crippen LogP contribution in [0.4, 0.5) is 0 Å². The number of nitrogens with zero attached hydrogens (tertiary/aromatic N) is 1. The monoisotopic (exact) mass is 441 g/mol. The molecule has 2 aliphatic rings. The molecule has 0 aliphatic carbocycles. The van der Waals surface area contributed by atoms with Gasteiger partial charge < -0.3 is 35.2 Å². The SMILES string of the molecule is OCC(NCCN[C@@H](CN1CCCC1)[C@H](O)c1ccc2c(c1)OCCO2)c1ccccc1. The predicted octanol–water partition coefficient (Wildman–Crippen LogP) is 1.87.